The molecule has 1 aliphatic rings. The van der Waals surface area contributed by atoms with Crippen LogP contribution in [0.15, 0.2) is 36.4 Å². The van der Waals surface area contributed by atoms with Crippen molar-refractivity contribution in [2.24, 2.45) is 0 Å². The van der Waals surface area contributed by atoms with Crippen LogP contribution in [0.1, 0.15) is 40.0 Å². The van der Waals surface area contributed by atoms with E-state index in [0.717, 1.165) is 47.5 Å². The SMILES string of the molecule is Cc1[nH]c(-c2cc(CCNS(=O)O)ccc2Oc2ccc(F)cc2F)c2c1C(=O)CCC2. The first kappa shape index (κ1) is 22.3. The third-order valence-electron chi connectivity index (χ3n) is 5.47. The maximum Gasteiger partial charge on any atom is 0.231 e. The zero-order valence-electron chi connectivity index (χ0n) is 17.3. The predicted octanol–water partition coefficient (Wildman–Crippen LogP) is 4.85. The molecular weight excluding hydrogens is 438 g/mol. The average molecular weight is 461 g/mol. The Morgan fingerprint density at radius 3 is 2.69 bits per heavy atom. The summed E-state index contributed by atoms with van der Waals surface area (Å²) in [5, 5.41) is 0. The number of aromatic nitrogens is 1. The molecule has 168 valence electrons. The van der Waals surface area contributed by atoms with Crippen molar-refractivity contribution < 1.29 is 27.1 Å². The fourth-order valence-electron chi connectivity index (χ4n) is 4.06. The molecular formula is C23H22F2N2O4S. The van der Waals surface area contributed by atoms with Crippen LogP contribution in [0.4, 0.5) is 8.78 Å². The van der Waals surface area contributed by atoms with Gasteiger partial charge in [0.1, 0.15) is 11.6 Å². The molecule has 0 spiro atoms. The zero-order chi connectivity index (χ0) is 22.8. The Morgan fingerprint density at radius 2 is 1.94 bits per heavy atom. The number of Topliss-reactive ketones (excluding diaryl/α,β-unsaturated/α-hetero) is 1. The number of halogens is 2. The van der Waals surface area contributed by atoms with E-state index in [1.54, 1.807) is 12.1 Å². The third kappa shape index (κ3) is 4.64. The number of ether oxygens (including phenoxy) is 1. The first-order valence-corrected chi connectivity index (χ1v) is 11.3. The summed E-state index contributed by atoms with van der Waals surface area (Å²) in [4.78, 5) is 15.8. The summed E-state index contributed by atoms with van der Waals surface area (Å²) >= 11 is -2.11. The van der Waals surface area contributed by atoms with Crippen molar-refractivity contribution in [3.05, 3.63) is 70.4 Å². The number of benzene rings is 2. The van der Waals surface area contributed by atoms with E-state index in [4.69, 9.17) is 9.29 Å². The van der Waals surface area contributed by atoms with E-state index in [2.05, 4.69) is 9.71 Å². The molecule has 0 radical (unpaired) electrons. The number of ketones is 1. The fraction of sp³-hybridized carbons (Fsp3) is 0.261. The molecule has 2 aromatic carbocycles. The number of hydrogen-bond donors (Lipinski definition) is 3. The first-order chi connectivity index (χ1) is 15.3. The predicted molar refractivity (Wildman–Crippen MR) is 117 cm³/mol. The molecule has 1 atom stereocenters. The lowest BCUT2D eigenvalue weighted by Gasteiger charge is -2.16. The van der Waals surface area contributed by atoms with Crippen LogP contribution in [0, 0.1) is 18.6 Å². The van der Waals surface area contributed by atoms with Gasteiger partial charge in [0.05, 0.1) is 5.69 Å². The van der Waals surface area contributed by atoms with Crippen LogP contribution in [0.25, 0.3) is 11.3 Å². The molecule has 1 aliphatic carbocycles. The minimum absolute atomic E-state index is 0.0871. The van der Waals surface area contributed by atoms with Gasteiger partial charge in [0.25, 0.3) is 0 Å². The second-order valence-electron chi connectivity index (χ2n) is 7.66. The maximum atomic E-state index is 14.2. The number of H-pyrrole nitrogens is 1. The molecule has 6 nitrogen and oxygen atoms in total. The standard InChI is InChI=1S/C23H22F2N2O4S/c1-13-22-16(3-2-4-19(22)28)23(27-13)17-11-14(9-10-26-32(29)30)5-7-20(17)31-21-8-6-15(24)12-18(21)25/h5-8,11-12,26-27H,2-4,9-10H2,1H3,(H,29,30). The van der Waals surface area contributed by atoms with E-state index in [1.165, 1.54) is 6.07 Å². The van der Waals surface area contributed by atoms with Crippen LogP contribution in [-0.2, 0) is 24.1 Å². The van der Waals surface area contributed by atoms with Gasteiger partial charge < -0.3 is 9.72 Å². The average Bonchev–Trinajstić information content (AvgIpc) is 3.08. The molecule has 4 rings (SSSR count). The lowest BCUT2D eigenvalue weighted by atomic mass is 9.89. The van der Waals surface area contributed by atoms with Crippen molar-refractivity contribution in [3.8, 4) is 22.8 Å². The number of carbonyl (C=O) groups is 1. The Morgan fingerprint density at radius 1 is 1.16 bits per heavy atom. The van der Waals surface area contributed by atoms with Gasteiger partial charge in [0.2, 0.25) is 11.3 Å². The molecule has 0 amide bonds. The largest absolute Gasteiger partial charge is 0.454 e. The molecule has 0 bridgehead atoms. The van der Waals surface area contributed by atoms with Gasteiger partial charge in [-0.05, 0) is 61.6 Å². The van der Waals surface area contributed by atoms with Crippen molar-refractivity contribution >= 4 is 17.0 Å². The molecule has 3 aromatic rings. The number of fused-ring (bicyclic) bond motifs is 1. The van der Waals surface area contributed by atoms with E-state index in [-0.39, 0.29) is 18.1 Å². The number of nitrogens with one attached hydrogen (secondary N) is 2. The van der Waals surface area contributed by atoms with E-state index in [0.29, 0.717) is 29.7 Å². The number of carbonyl (C=O) groups excluding carboxylic acids is 1. The highest BCUT2D eigenvalue weighted by Gasteiger charge is 2.27. The van der Waals surface area contributed by atoms with Crippen molar-refractivity contribution in [1.82, 2.24) is 9.71 Å². The van der Waals surface area contributed by atoms with Gasteiger partial charge in [-0.2, -0.15) is 0 Å². The number of aryl methyl sites for hydroxylation is 1. The van der Waals surface area contributed by atoms with E-state index < -0.39 is 22.9 Å². The highest BCUT2D eigenvalue weighted by atomic mass is 32.2. The zero-order valence-corrected chi connectivity index (χ0v) is 18.2. The summed E-state index contributed by atoms with van der Waals surface area (Å²) in [5.41, 5.74) is 4.57. The quantitative estimate of drug-likeness (QED) is 0.440. The summed E-state index contributed by atoms with van der Waals surface area (Å²) in [5.74, 6) is -1.21. The summed E-state index contributed by atoms with van der Waals surface area (Å²) in [6.45, 7) is 2.12. The third-order valence-corrected chi connectivity index (χ3v) is 5.92. The van der Waals surface area contributed by atoms with Crippen LogP contribution in [0.5, 0.6) is 11.5 Å². The van der Waals surface area contributed by atoms with Gasteiger partial charge in [-0.25, -0.2) is 17.7 Å². The van der Waals surface area contributed by atoms with Crippen LogP contribution in [0.3, 0.4) is 0 Å². The monoisotopic (exact) mass is 460 g/mol. The van der Waals surface area contributed by atoms with Gasteiger partial charge in [-0.3, -0.25) is 9.35 Å². The normalized spacial score (nSPS) is 14.3. The Hall–Kier alpha value is -2.88. The summed E-state index contributed by atoms with van der Waals surface area (Å²) in [7, 11) is 0. The molecule has 1 unspecified atom stereocenters. The minimum Gasteiger partial charge on any atom is -0.454 e. The topological polar surface area (TPSA) is 91.4 Å². The smallest absolute Gasteiger partial charge is 0.231 e. The van der Waals surface area contributed by atoms with Crippen LogP contribution >= 0.6 is 0 Å². The second-order valence-corrected chi connectivity index (χ2v) is 8.44. The van der Waals surface area contributed by atoms with Crippen LogP contribution in [-0.4, -0.2) is 26.1 Å². The highest BCUT2D eigenvalue weighted by molar-refractivity contribution is 7.77. The Kier molecular flexibility index (Phi) is 6.50. The summed E-state index contributed by atoms with van der Waals surface area (Å²) in [6.07, 6.45) is 2.43. The Balaban J connectivity index is 1.78. The van der Waals surface area contributed by atoms with E-state index >= 15 is 0 Å². The van der Waals surface area contributed by atoms with Gasteiger partial charge >= 0.3 is 0 Å². The summed E-state index contributed by atoms with van der Waals surface area (Å²) < 4.78 is 55.6. The molecule has 0 saturated carbocycles. The molecule has 1 heterocycles. The van der Waals surface area contributed by atoms with Crippen molar-refractivity contribution in [3.63, 3.8) is 0 Å². The lowest BCUT2D eigenvalue weighted by molar-refractivity contribution is 0.0972. The lowest BCUT2D eigenvalue weighted by Crippen LogP contribution is -2.19. The van der Waals surface area contributed by atoms with Crippen molar-refractivity contribution in [2.45, 2.75) is 32.6 Å². The van der Waals surface area contributed by atoms with E-state index in [9.17, 15) is 17.8 Å². The van der Waals surface area contributed by atoms with Crippen LogP contribution in [0.2, 0.25) is 0 Å². The Labute approximate surface area is 186 Å². The minimum atomic E-state index is -2.11. The molecule has 0 aliphatic heterocycles. The van der Waals surface area contributed by atoms with E-state index in [1.807, 2.05) is 13.0 Å². The van der Waals surface area contributed by atoms with Crippen molar-refractivity contribution in [1.29, 1.82) is 0 Å². The first-order valence-electron chi connectivity index (χ1n) is 10.2. The van der Waals surface area contributed by atoms with Crippen molar-refractivity contribution in [2.75, 3.05) is 6.54 Å². The molecule has 3 N–H and O–H groups in total. The number of aromatic amines is 1. The highest BCUT2D eigenvalue weighted by Crippen LogP contribution is 2.40. The molecule has 1 aromatic heterocycles. The van der Waals surface area contributed by atoms with Gasteiger partial charge in [0.15, 0.2) is 17.3 Å². The molecule has 0 saturated heterocycles. The number of rotatable bonds is 7. The summed E-state index contributed by atoms with van der Waals surface area (Å²) in [6, 6.07) is 8.40. The van der Waals surface area contributed by atoms with Gasteiger partial charge in [-0.1, -0.05) is 6.07 Å². The van der Waals surface area contributed by atoms with Crippen LogP contribution < -0.4 is 9.46 Å². The molecule has 32 heavy (non-hydrogen) atoms. The molecule has 9 heteroatoms. The Bertz CT molecular complexity index is 1210. The molecule has 0 fully saturated rings. The maximum absolute atomic E-state index is 14.2. The second kappa shape index (κ2) is 9.32. The number of hydrogen-bond acceptors (Lipinski definition) is 3. The fourth-order valence-corrected chi connectivity index (χ4v) is 4.34. The van der Waals surface area contributed by atoms with Gasteiger partial charge in [0, 0.05) is 35.9 Å². The van der Waals surface area contributed by atoms with Gasteiger partial charge in [-0.15, -0.1) is 0 Å².